The highest BCUT2D eigenvalue weighted by Crippen LogP contribution is 2.48. The summed E-state index contributed by atoms with van der Waals surface area (Å²) in [5.74, 6) is 0. The van der Waals surface area contributed by atoms with Gasteiger partial charge in [-0.05, 0) is 44.1 Å². The highest BCUT2D eigenvalue weighted by atomic mass is 16.5. The maximum Gasteiger partial charge on any atom is 0.407 e. The summed E-state index contributed by atoms with van der Waals surface area (Å²) in [4.78, 5) is 12.1. The molecule has 3 fully saturated rings. The van der Waals surface area contributed by atoms with Gasteiger partial charge < -0.3 is 14.8 Å². The molecule has 2 bridgehead atoms. The summed E-state index contributed by atoms with van der Waals surface area (Å²) < 4.78 is 11.0. The molecule has 4 rings (SSSR count). The molecule has 1 N–H and O–H groups in total. The molecule has 0 aliphatic heterocycles. The molecule has 0 saturated heterocycles. The molecule has 0 spiro atoms. The lowest BCUT2D eigenvalue weighted by Crippen LogP contribution is -2.59. The minimum Gasteiger partial charge on any atom is -0.445 e. The highest BCUT2D eigenvalue weighted by Gasteiger charge is 2.49. The topological polar surface area (TPSA) is 47.6 Å². The van der Waals surface area contributed by atoms with Crippen molar-refractivity contribution in [2.75, 3.05) is 7.11 Å². The Hall–Kier alpha value is -1.55. The SMILES string of the molecule is COC12CCC(NC(=O)OCc3ccccc3)(CC1)CC2. The molecule has 0 radical (unpaired) electrons. The summed E-state index contributed by atoms with van der Waals surface area (Å²) in [5, 5.41) is 3.11. The smallest absolute Gasteiger partial charge is 0.407 e. The van der Waals surface area contributed by atoms with Gasteiger partial charge in [0, 0.05) is 12.6 Å². The third-order valence-corrected chi connectivity index (χ3v) is 5.19. The van der Waals surface area contributed by atoms with Gasteiger partial charge in [-0.3, -0.25) is 0 Å². The second kappa shape index (κ2) is 5.68. The first-order valence-electron chi connectivity index (χ1n) is 7.69. The highest BCUT2D eigenvalue weighted by molar-refractivity contribution is 5.68. The lowest BCUT2D eigenvalue weighted by Gasteiger charge is -2.52. The van der Waals surface area contributed by atoms with E-state index in [0.29, 0.717) is 6.61 Å². The summed E-state index contributed by atoms with van der Waals surface area (Å²) in [7, 11) is 1.81. The van der Waals surface area contributed by atoms with Crippen LogP contribution in [0.15, 0.2) is 30.3 Å². The molecule has 3 saturated carbocycles. The van der Waals surface area contributed by atoms with Crippen molar-refractivity contribution in [3.63, 3.8) is 0 Å². The molecule has 4 heteroatoms. The van der Waals surface area contributed by atoms with E-state index in [9.17, 15) is 4.79 Å². The van der Waals surface area contributed by atoms with Gasteiger partial charge in [0.15, 0.2) is 0 Å². The number of amides is 1. The molecule has 1 aromatic rings. The summed E-state index contributed by atoms with van der Waals surface area (Å²) in [6, 6.07) is 9.76. The van der Waals surface area contributed by atoms with E-state index >= 15 is 0 Å². The molecule has 1 aromatic carbocycles. The summed E-state index contributed by atoms with van der Waals surface area (Å²) >= 11 is 0. The quantitative estimate of drug-likeness (QED) is 0.924. The van der Waals surface area contributed by atoms with Crippen molar-refractivity contribution in [1.29, 1.82) is 0 Å². The van der Waals surface area contributed by atoms with Crippen LogP contribution < -0.4 is 5.32 Å². The van der Waals surface area contributed by atoms with E-state index in [1.807, 2.05) is 30.3 Å². The summed E-state index contributed by atoms with van der Waals surface area (Å²) in [6.45, 7) is 0.324. The number of rotatable bonds is 4. The minimum atomic E-state index is -0.300. The second-order valence-corrected chi connectivity index (χ2v) is 6.35. The van der Waals surface area contributed by atoms with Gasteiger partial charge in [-0.25, -0.2) is 4.79 Å². The molecule has 0 atom stereocenters. The molecule has 21 heavy (non-hydrogen) atoms. The number of ether oxygens (including phenoxy) is 2. The Morgan fingerprint density at radius 3 is 2.29 bits per heavy atom. The van der Waals surface area contributed by atoms with Gasteiger partial charge in [-0.15, -0.1) is 0 Å². The molecular weight excluding hydrogens is 266 g/mol. The Labute approximate surface area is 125 Å². The average molecular weight is 289 g/mol. The molecule has 114 valence electrons. The number of carbonyl (C=O) groups is 1. The van der Waals surface area contributed by atoms with E-state index in [-0.39, 0.29) is 17.2 Å². The molecule has 3 aliphatic carbocycles. The predicted octanol–water partition coefficient (Wildman–Crippen LogP) is 3.40. The van der Waals surface area contributed by atoms with Crippen molar-refractivity contribution < 1.29 is 14.3 Å². The van der Waals surface area contributed by atoms with Crippen molar-refractivity contribution in [3.05, 3.63) is 35.9 Å². The normalized spacial score (nSPS) is 30.9. The van der Waals surface area contributed by atoms with E-state index < -0.39 is 0 Å². The van der Waals surface area contributed by atoms with Gasteiger partial charge in [-0.2, -0.15) is 0 Å². The Kier molecular flexibility index (Phi) is 3.89. The number of fused-ring (bicyclic) bond motifs is 3. The number of nitrogens with one attached hydrogen (secondary N) is 1. The van der Waals surface area contributed by atoms with Crippen LogP contribution in [0.5, 0.6) is 0 Å². The van der Waals surface area contributed by atoms with Crippen LogP contribution in [0.4, 0.5) is 4.79 Å². The zero-order valence-electron chi connectivity index (χ0n) is 12.6. The Balaban J connectivity index is 1.52. The number of methoxy groups -OCH3 is 1. The molecule has 0 unspecified atom stereocenters. The van der Waals surface area contributed by atoms with E-state index in [1.165, 1.54) is 0 Å². The lowest BCUT2D eigenvalue weighted by atomic mass is 9.63. The van der Waals surface area contributed by atoms with Crippen LogP contribution >= 0.6 is 0 Å². The Bertz CT molecular complexity index is 475. The maximum atomic E-state index is 12.1. The molecular formula is C17H23NO3. The van der Waals surface area contributed by atoms with Gasteiger partial charge in [0.2, 0.25) is 0 Å². The number of alkyl carbamates (subject to hydrolysis) is 1. The zero-order valence-corrected chi connectivity index (χ0v) is 12.6. The van der Waals surface area contributed by atoms with Gasteiger partial charge >= 0.3 is 6.09 Å². The van der Waals surface area contributed by atoms with Gasteiger partial charge in [0.25, 0.3) is 0 Å². The molecule has 4 nitrogen and oxygen atoms in total. The Morgan fingerprint density at radius 2 is 1.71 bits per heavy atom. The molecule has 0 aromatic heterocycles. The van der Waals surface area contributed by atoms with Crippen LogP contribution in [0.3, 0.4) is 0 Å². The van der Waals surface area contributed by atoms with E-state index in [0.717, 1.165) is 44.1 Å². The van der Waals surface area contributed by atoms with Crippen molar-refractivity contribution in [1.82, 2.24) is 5.32 Å². The first-order valence-corrected chi connectivity index (χ1v) is 7.69. The van der Waals surface area contributed by atoms with E-state index in [1.54, 1.807) is 7.11 Å². The van der Waals surface area contributed by atoms with Crippen molar-refractivity contribution in [3.8, 4) is 0 Å². The summed E-state index contributed by atoms with van der Waals surface area (Å²) in [5.41, 5.74) is 1.00. The van der Waals surface area contributed by atoms with E-state index in [2.05, 4.69) is 5.32 Å². The van der Waals surface area contributed by atoms with Crippen molar-refractivity contribution in [2.45, 2.75) is 56.3 Å². The number of carbonyl (C=O) groups excluding carboxylic acids is 1. The average Bonchev–Trinajstić information content (AvgIpc) is 2.55. The first-order chi connectivity index (χ1) is 10.2. The Morgan fingerprint density at radius 1 is 1.10 bits per heavy atom. The fourth-order valence-corrected chi connectivity index (χ4v) is 3.62. The van der Waals surface area contributed by atoms with Crippen LogP contribution in [0.2, 0.25) is 0 Å². The standard InChI is InChI=1S/C17H23NO3/c1-20-17-10-7-16(8-11-17,9-12-17)18-15(19)21-13-14-5-3-2-4-6-14/h2-6H,7-13H2,1H3,(H,18,19). The number of hydrogen-bond donors (Lipinski definition) is 1. The number of hydrogen-bond acceptors (Lipinski definition) is 3. The first kappa shape index (κ1) is 14.4. The fraction of sp³-hybridized carbons (Fsp3) is 0.588. The summed E-state index contributed by atoms with van der Waals surface area (Å²) in [6.07, 6.45) is 5.75. The van der Waals surface area contributed by atoms with Crippen LogP contribution in [0.25, 0.3) is 0 Å². The third kappa shape index (κ3) is 3.05. The van der Waals surface area contributed by atoms with Crippen LogP contribution in [0.1, 0.15) is 44.1 Å². The second-order valence-electron chi connectivity index (χ2n) is 6.35. The van der Waals surface area contributed by atoms with Gasteiger partial charge in [-0.1, -0.05) is 30.3 Å². The number of benzene rings is 1. The van der Waals surface area contributed by atoms with Crippen LogP contribution in [-0.4, -0.2) is 24.3 Å². The third-order valence-electron chi connectivity index (χ3n) is 5.19. The van der Waals surface area contributed by atoms with Crippen molar-refractivity contribution in [2.24, 2.45) is 0 Å². The maximum absolute atomic E-state index is 12.1. The van der Waals surface area contributed by atoms with Crippen LogP contribution in [-0.2, 0) is 16.1 Å². The van der Waals surface area contributed by atoms with Gasteiger partial charge in [0.1, 0.15) is 6.61 Å². The van der Waals surface area contributed by atoms with Gasteiger partial charge in [0.05, 0.1) is 5.60 Å². The van der Waals surface area contributed by atoms with Crippen LogP contribution in [0, 0.1) is 0 Å². The zero-order chi connectivity index (χ0) is 14.8. The molecule has 1 amide bonds. The molecule has 3 aliphatic rings. The molecule has 0 heterocycles. The largest absolute Gasteiger partial charge is 0.445 e. The predicted molar refractivity (Wildman–Crippen MR) is 79.9 cm³/mol. The van der Waals surface area contributed by atoms with E-state index in [4.69, 9.17) is 9.47 Å². The minimum absolute atomic E-state index is 0.0668. The fourth-order valence-electron chi connectivity index (χ4n) is 3.62. The van der Waals surface area contributed by atoms with Crippen molar-refractivity contribution >= 4 is 6.09 Å². The monoisotopic (exact) mass is 289 g/mol. The lowest BCUT2D eigenvalue weighted by molar-refractivity contribution is -0.0992.